The molecule has 0 saturated carbocycles. The predicted molar refractivity (Wildman–Crippen MR) is 110 cm³/mol. The quantitative estimate of drug-likeness (QED) is 0.306. The lowest BCUT2D eigenvalue weighted by Crippen LogP contribution is -1.86. The number of hydrogen-bond donors (Lipinski definition) is 2. The summed E-state index contributed by atoms with van der Waals surface area (Å²) in [6.07, 6.45) is 5.49. The van der Waals surface area contributed by atoms with Crippen molar-refractivity contribution in [3.63, 3.8) is 0 Å². The van der Waals surface area contributed by atoms with Gasteiger partial charge in [-0.3, -0.25) is 9.97 Å². The van der Waals surface area contributed by atoms with E-state index in [9.17, 15) is 0 Å². The number of hydrogen-bond acceptors (Lipinski definition) is 3. The maximum Gasteiger partial charge on any atom is 0.188 e. The van der Waals surface area contributed by atoms with Gasteiger partial charge in [0, 0.05) is 40.4 Å². The first-order valence-corrected chi connectivity index (χ1v) is 8.83. The van der Waals surface area contributed by atoms with Crippen molar-refractivity contribution in [2.45, 2.75) is 0 Å². The van der Waals surface area contributed by atoms with Gasteiger partial charge < -0.3 is 9.97 Å². The molecule has 0 amide bonds. The molecule has 130 valence electrons. The van der Waals surface area contributed by atoms with Crippen LogP contribution in [0.4, 0.5) is 5.69 Å². The lowest BCUT2D eigenvalue weighted by Gasteiger charge is -2.03. The van der Waals surface area contributed by atoms with E-state index in [1.807, 2.05) is 48.7 Å². The number of nitrogens with zero attached hydrogens (tertiary/aromatic N) is 4. The van der Waals surface area contributed by atoms with Gasteiger partial charge in [-0.1, -0.05) is 6.07 Å². The molecule has 4 heterocycles. The van der Waals surface area contributed by atoms with Gasteiger partial charge in [-0.05, 0) is 41.8 Å². The number of imidazole rings is 1. The van der Waals surface area contributed by atoms with Crippen molar-refractivity contribution in [1.29, 1.82) is 0 Å². The van der Waals surface area contributed by atoms with Crippen LogP contribution in [0.25, 0.3) is 60.0 Å². The Hall–Kier alpha value is -4.24. The Kier molecular flexibility index (Phi) is 2.86. The molecule has 0 bridgehead atoms. The summed E-state index contributed by atoms with van der Waals surface area (Å²) < 4.78 is 0. The van der Waals surface area contributed by atoms with Gasteiger partial charge in [-0.25, -0.2) is 9.83 Å². The molecular formula is C22H12N6. The van der Waals surface area contributed by atoms with Gasteiger partial charge in [0.1, 0.15) is 5.82 Å². The number of rotatable bonds is 1. The zero-order valence-electron chi connectivity index (χ0n) is 14.6. The van der Waals surface area contributed by atoms with Crippen LogP contribution in [-0.4, -0.2) is 24.9 Å². The topological polar surface area (TPSA) is 74.6 Å². The summed E-state index contributed by atoms with van der Waals surface area (Å²) in [5.41, 5.74) is 6.02. The number of pyridine rings is 2. The van der Waals surface area contributed by atoms with Crippen LogP contribution in [0.3, 0.4) is 0 Å². The summed E-state index contributed by atoms with van der Waals surface area (Å²) in [7, 11) is 0. The van der Waals surface area contributed by atoms with Gasteiger partial charge >= 0.3 is 0 Å². The minimum atomic E-state index is 0.605. The Bertz CT molecular complexity index is 1510. The van der Waals surface area contributed by atoms with Gasteiger partial charge in [-0.15, -0.1) is 0 Å². The van der Waals surface area contributed by atoms with E-state index in [4.69, 9.17) is 11.6 Å². The highest BCUT2D eigenvalue weighted by Gasteiger charge is 2.16. The van der Waals surface area contributed by atoms with Gasteiger partial charge in [0.15, 0.2) is 5.69 Å². The van der Waals surface area contributed by atoms with E-state index in [-0.39, 0.29) is 0 Å². The van der Waals surface area contributed by atoms with Crippen molar-refractivity contribution in [1.82, 2.24) is 24.9 Å². The number of fused-ring (bicyclic) bond motifs is 7. The molecule has 0 aliphatic heterocycles. The molecule has 6 aromatic rings. The van der Waals surface area contributed by atoms with Crippen LogP contribution in [0, 0.1) is 6.57 Å². The minimum Gasteiger partial charge on any atom is -0.361 e. The Balaban J connectivity index is 1.74. The standard InChI is InChI=1S/C22H12N6/c1-23-12-6-7-17-15(10-12)16(11-26-17)22-27-20-13-4-2-8-24-18(13)19-14(21(20)28-22)5-3-9-25-19/h2-11,26H,(H,27,28). The van der Waals surface area contributed by atoms with Crippen LogP contribution in [0.2, 0.25) is 0 Å². The highest BCUT2D eigenvalue weighted by atomic mass is 14.9. The third kappa shape index (κ3) is 1.93. The summed E-state index contributed by atoms with van der Waals surface area (Å²) >= 11 is 0. The second-order valence-corrected chi connectivity index (χ2v) is 6.65. The van der Waals surface area contributed by atoms with Gasteiger partial charge in [0.2, 0.25) is 0 Å². The number of nitrogens with one attached hydrogen (secondary N) is 2. The van der Waals surface area contributed by atoms with Crippen LogP contribution >= 0.6 is 0 Å². The monoisotopic (exact) mass is 360 g/mol. The van der Waals surface area contributed by atoms with Crippen molar-refractivity contribution in [2.24, 2.45) is 0 Å². The highest BCUT2D eigenvalue weighted by Crippen LogP contribution is 2.35. The molecule has 0 radical (unpaired) electrons. The number of H-pyrrole nitrogens is 2. The van der Waals surface area contributed by atoms with E-state index >= 15 is 0 Å². The molecule has 0 saturated heterocycles. The second kappa shape index (κ2) is 5.38. The lowest BCUT2D eigenvalue weighted by molar-refractivity contribution is 1.34. The van der Waals surface area contributed by atoms with Crippen LogP contribution in [0.1, 0.15) is 0 Å². The van der Waals surface area contributed by atoms with E-state index < -0.39 is 0 Å². The molecule has 0 fully saturated rings. The second-order valence-electron chi connectivity index (χ2n) is 6.65. The molecular weight excluding hydrogens is 348 g/mol. The molecule has 2 N–H and O–H groups in total. The summed E-state index contributed by atoms with van der Waals surface area (Å²) in [6.45, 7) is 7.29. The zero-order chi connectivity index (χ0) is 18.7. The fourth-order valence-corrected chi connectivity index (χ4v) is 3.85. The highest BCUT2D eigenvalue weighted by molar-refractivity contribution is 6.21. The van der Waals surface area contributed by atoms with Crippen LogP contribution in [0.15, 0.2) is 61.1 Å². The smallest absolute Gasteiger partial charge is 0.188 e. The first-order valence-electron chi connectivity index (χ1n) is 8.83. The largest absolute Gasteiger partial charge is 0.361 e. The van der Waals surface area contributed by atoms with Gasteiger partial charge in [0.05, 0.1) is 28.6 Å². The SMILES string of the molecule is [C-]#[N+]c1ccc2[nH]cc(-c3nc4c5cccnc5c5ncccc5c4[nH]3)c2c1. The van der Waals surface area contributed by atoms with Crippen LogP contribution < -0.4 is 0 Å². The van der Waals surface area contributed by atoms with Gasteiger partial charge in [0.25, 0.3) is 0 Å². The van der Waals surface area contributed by atoms with E-state index in [0.29, 0.717) is 5.69 Å². The average molecular weight is 360 g/mol. The van der Waals surface area contributed by atoms with E-state index in [1.54, 1.807) is 12.4 Å². The maximum absolute atomic E-state index is 7.29. The molecule has 0 aliphatic rings. The molecule has 6 nitrogen and oxygen atoms in total. The summed E-state index contributed by atoms with van der Waals surface area (Å²) in [5, 5.41) is 2.93. The van der Waals surface area contributed by atoms with E-state index in [1.165, 1.54) is 0 Å². The van der Waals surface area contributed by atoms with Crippen LogP contribution in [0.5, 0.6) is 0 Å². The maximum atomic E-state index is 7.29. The minimum absolute atomic E-state index is 0.605. The zero-order valence-corrected chi connectivity index (χ0v) is 14.6. The van der Waals surface area contributed by atoms with Gasteiger partial charge in [-0.2, -0.15) is 0 Å². The van der Waals surface area contributed by atoms with Crippen molar-refractivity contribution in [3.8, 4) is 11.4 Å². The lowest BCUT2D eigenvalue weighted by atomic mass is 10.1. The van der Waals surface area contributed by atoms with E-state index in [2.05, 4.69) is 24.8 Å². The molecule has 6 heteroatoms. The molecule has 0 atom stereocenters. The molecule has 0 spiro atoms. The fraction of sp³-hybridized carbons (Fsp3) is 0. The molecule has 28 heavy (non-hydrogen) atoms. The van der Waals surface area contributed by atoms with E-state index in [0.717, 1.165) is 55.1 Å². The third-order valence-corrected chi connectivity index (χ3v) is 5.12. The Morgan fingerprint density at radius 1 is 0.857 bits per heavy atom. The van der Waals surface area contributed by atoms with Crippen LogP contribution in [-0.2, 0) is 0 Å². The van der Waals surface area contributed by atoms with Crippen molar-refractivity contribution >= 4 is 49.4 Å². The predicted octanol–water partition coefficient (Wildman–Crippen LogP) is 5.36. The Morgan fingerprint density at radius 3 is 2.46 bits per heavy atom. The Labute approximate surface area is 158 Å². The normalized spacial score (nSPS) is 11.5. The first-order chi connectivity index (χ1) is 13.8. The Morgan fingerprint density at radius 2 is 1.64 bits per heavy atom. The average Bonchev–Trinajstić information content (AvgIpc) is 3.38. The molecule has 6 rings (SSSR count). The molecule has 4 aromatic heterocycles. The number of aromatic nitrogens is 5. The van der Waals surface area contributed by atoms with Crippen molar-refractivity contribution in [3.05, 3.63) is 72.5 Å². The third-order valence-electron chi connectivity index (χ3n) is 5.12. The summed E-state index contributed by atoms with van der Waals surface area (Å²) in [5.74, 6) is 0.755. The molecule has 0 unspecified atom stereocenters. The number of benzene rings is 2. The molecule has 2 aromatic carbocycles. The first kappa shape index (κ1) is 14.9. The summed E-state index contributed by atoms with van der Waals surface area (Å²) in [4.78, 5) is 24.3. The fourth-order valence-electron chi connectivity index (χ4n) is 3.85. The molecule has 0 aliphatic carbocycles. The summed E-state index contributed by atoms with van der Waals surface area (Å²) in [6, 6.07) is 13.5. The van der Waals surface area contributed by atoms with Crippen molar-refractivity contribution in [2.75, 3.05) is 0 Å². The van der Waals surface area contributed by atoms with Crippen molar-refractivity contribution < 1.29 is 0 Å². The number of aromatic amines is 2.